The molecular weight excluding hydrogens is 360 g/mol. The fraction of sp³-hybridized carbons (Fsp3) is 0.0400. The molecular formula is C25H20N2O2. The molecule has 0 radical (unpaired) electrons. The smallest absolute Gasteiger partial charge is 0.328 e. The van der Waals surface area contributed by atoms with Crippen LogP contribution in [-0.4, -0.2) is 20.6 Å². The van der Waals surface area contributed by atoms with Crippen LogP contribution >= 0.6 is 0 Å². The van der Waals surface area contributed by atoms with Gasteiger partial charge in [-0.1, -0.05) is 91.0 Å². The summed E-state index contributed by atoms with van der Waals surface area (Å²) in [6, 6.07) is 30.6. The van der Waals surface area contributed by atoms with Crippen LogP contribution in [0.25, 0.3) is 6.08 Å². The van der Waals surface area contributed by atoms with E-state index in [1.807, 2.05) is 59.2 Å². The van der Waals surface area contributed by atoms with Crippen LogP contribution in [0.15, 0.2) is 110 Å². The van der Waals surface area contributed by atoms with Crippen molar-refractivity contribution < 1.29 is 9.90 Å². The Balaban J connectivity index is 2.10. The van der Waals surface area contributed by atoms with Gasteiger partial charge in [0.25, 0.3) is 0 Å². The Bertz CT molecular complexity index is 1020. The molecule has 0 aliphatic heterocycles. The third kappa shape index (κ3) is 3.36. The van der Waals surface area contributed by atoms with Crippen LogP contribution in [0.4, 0.5) is 0 Å². The Morgan fingerprint density at radius 2 is 1.24 bits per heavy atom. The number of rotatable bonds is 6. The molecule has 1 aromatic heterocycles. The van der Waals surface area contributed by atoms with Gasteiger partial charge in [0.1, 0.15) is 5.54 Å². The molecule has 4 aromatic rings. The quantitative estimate of drug-likeness (QED) is 0.385. The molecule has 4 rings (SSSR count). The number of aliphatic carboxylic acids is 1. The molecule has 0 spiro atoms. The summed E-state index contributed by atoms with van der Waals surface area (Å²) in [5.74, 6) is -0.998. The summed E-state index contributed by atoms with van der Waals surface area (Å²) in [7, 11) is 0. The lowest BCUT2D eigenvalue weighted by atomic mass is 9.76. The van der Waals surface area contributed by atoms with Gasteiger partial charge >= 0.3 is 5.97 Å². The van der Waals surface area contributed by atoms with Crippen LogP contribution in [-0.2, 0) is 10.3 Å². The topological polar surface area (TPSA) is 55.1 Å². The van der Waals surface area contributed by atoms with Crippen molar-refractivity contribution in [1.29, 1.82) is 0 Å². The van der Waals surface area contributed by atoms with Gasteiger partial charge in [0.05, 0.1) is 18.2 Å². The van der Waals surface area contributed by atoms with Crippen LogP contribution in [0.1, 0.15) is 22.4 Å². The number of carboxylic acid groups (broad SMARTS) is 1. The minimum Gasteiger partial charge on any atom is -0.478 e. The Labute approximate surface area is 169 Å². The number of nitrogens with zero attached hydrogens (tertiary/aromatic N) is 2. The van der Waals surface area contributed by atoms with E-state index in [1.165, 1.54) is 0 Å². The van der Waals surface area contributed by atoms with Gasteiger partial charge in [0.15, 0.2) is 0 Å². The lowest BCUT2D eigenvalue weighted by Gasteiger charge is -2.38. The summed E-state index contributed by atoms with van der Waals surface area (Å²) in [5.41, 5.74) is 3.16. The van der Waals surface area contributed by atoms with Crippen molar-refractivity contribution in [3.05, 3.63) is 132 Å². The first-order valence-corrected chi connectivity index (χ1v) is 9.33. The molecule has 0 fully saturated rings. The van der Waals surface area contributed by atoms with E-state index in [-0.39, 0.29) is 0 Å². The molecule has 0 amide bonds. The molecule has 29 heavy (non-hydrogen) atoms. The van der Waals surface area contributed by atoms with E-state index in [9.17, 15) is 4.79 Å². The second kappa shape index (κ2) is 7.98. The van der Waals surface area contributed by atoms with Gasteiger partial charge in [-0.15, -0.1) is 0 Å². The third-order valence-electron chi connectivity index (χ3n) is 5.00. The number of carboxylic acids is 1. The van der Waals surface area contributed by atoms with E-state index in [0.29, 0.717) is 5.69 Å². The largest absolute Gasteiger partial charge is 0.478 e. The molecule has 0 bridgehead atoms. The summed E-state index contributed by atoms with van der Waals surface area (Å²) < 4.78 is 2.03. The van der Waals surface area contributed by atoms with Crippen LogP contribution in [0.2, 0.25) is 0 Å². The summed E-state index contributed by atoms with van der Waals surface area (Å²) in [6.07, 6.45) is 6.16. The standard InChI is InChI=1S/C25H20N2O2/c28-24(29)17-16-23-18-26-19-27(23)25(20-10-4-1-5-11-20,21-12-6-2-7-13-21)22-14-8-3-9-15-22/h1-19H,(H,28,29)/b17-16+. The zero-order valence-electron chi connectivity index (χ0n) is 15.7. The molecule has 0 aliphatic carbocycles. The van der Waals surface area contributed by atoms with Gasteiger partial charge in [0, 0.05) is 6.08 Å². The molecule has 0 aliphatic rings. The van der Waals surface area contributed by atoms with Crippen molar-refractivity contribution in [3.63, 3.8) is 0 Å². The lowest BCUT2D eigenvalue weighted by Crippen LogP contribution is -2.38. The summed E-state index contributed by atoms with van der Waals surface area (Å²) >= 11 is 0. The second-order valence-electron chi connectivity index (χ2n) is 6.67. The first kappa shape index (κ1) is 18.4. The molecule has 1 N–H and O–H groups in total. The van der Waals surface area contributed by atoms with Crippen LogP contribution in [0.5, 0.6) is 0 Å². The zero-order valence-corrected chi connectivity index (χ0v) is 15.7. The minimum absolute atomic E-state index is 0.698. The SMILES string of the molecule is O=C(O)/C=C/c1cncn1C(c1ccccc1)(c1ccccc1)c1ccccc1. The minimum atomic E-state index is -0.998. The van der Waals surface area contributed by atoms with Crippen LogP contribution < -0.4 is 0 Å². The Morgan fingerprint density at radius 3 is 1.66 bits per heavy atom. The lowest BCUT2D eigenvalue weighted by molar-refractivity contribution is -0.131. The highest BCUT2D eigenvalue weighted by Gasteiger charge is 2.39. The summed E-state index contributed by atoms with van der Waals surface area (Å²) in [5, 5.41) is 9.14. The number of hydrogen-bond donors (Lipinski definition) is 1. The van der Waals surface area contributed by atoms with E-state index >= 15 is 0 Å². The Morgan fingerprint density at radius 1 is 0.793 bits per heavy atom. The second-order valence-corrected chi connectivity index (χ2v) is 6.67. The van der Waals surface area contributed by atoms with Gasteiger partial charge in [-0.3, -0.25) is 0 Å². The van der Waals surface area contributed by atoms with E-state index in [1.54, 1.807) is 18.6 Å². The molecule has 4 nitrogen and oxygen atoms in total. The van der Waals surface area contributed by atoms with Crippen LogP contribution in [0, 0.1) is 0 Å². The van der Waals surface area contributed by atoms with Gasteiger partial charge in [-0.2, -0.15) is 0 Å². The molecule has 142 valence electrons. The van der Waals surface area contributed by atoms with Crippen molar-refractivity contribution in [3.8, 4) is 0 Å². The monoisotopic (exact) mass is 380 g/mol. The van der Waals surface area contributed by atoms with Crippen molar-refractivity contribution in [1.82, 2.24) is 9.55 Å². The van der Waals surface area contributed by atoms with E-state index < -0.39 is 11.5 Å². The number of benzene rings is 3. The first-order valence-electron chi connectivity index (χ1n) is 9.33. The number of hydrogen-bond acceptors (Lipinski definition) is 2. The van der Waals surface area contributed by atoms with E-state index in [4.69, 9.17) is 5.11 Å². The molecule has 0 saturated carbocycles. The maximum atomic E-state index is 11.1. The van der Waals surface area contributed by atoms with Gasteiger partial charge in [0.2, 0.25) is 0 Å². The van der Waals surface area contributed by atoms with Crippen LogP contribution in [0.3, 0.4) is 0 Å². The highest BCUT2D eigenvalue weighted by atomic mass is 16.4. The number of carbonyl (C=O) groups is 1. The van der Waals surface area contributed by atoms with Gasteiger partial charge < -0.3 is 9.67 Å². The Kier molecular flexibility index (Phi) is 5.08. The third-order valence-corrected chi connectivity index (χ3v) is 5.00. The Hall–Kier alpha value is -3.92. The number of imidazole rings is 1. The first-order chi connectivity index (χ1) is 14.2. The van der Waals surface area contributed by atoms with Crippen molar-refractivity contribution in [2.75, 3.05) is 0 Å². The fourth-order valence-corrected chi connectivity index (χ4v) is 3.82. The molecule has 4 heteroatoms. The summed E-state index contributed by atoms with van der Waals surface area (Å²) in [6.45, 7) is 0. The molecule has 0 unspecified atom stereocenters. The molecule has 0 atom stereocenters. The van der Waals surface area contributed by atoms with Gasteiger partial charge in [-0.05, 0) is 22.8 Å². The molecule has 3 aromatic carbocycles. The maximum absolute atomic E-state index is 11.1. The van der Waals surface area contributed by atoms with Gasteiger partial charge in [-0.25, -0.2) is 9.78 Å². The highest BCUT2D eigenvalue weighted by molar-refractivity contribution is 5.85. The van der Waals surface area contributed by atoms with E-state index in [2.05, 4.69) is 41.4 Å². The van der Waals surface area contributed by atoms with Crippen molar-refractivity contribution in [2.45, 2.75) is 5.54 Å². The maximum Gasteiger partial charge on any atom is 0.328 e. The predicted molar refractivity (Wildman–Crippen MR) is 114 cm³/mol. The average Bonchev–Trinajstić information content (AvgIpc) is 3.24. The number of aromatic nitrogens is 2. The fourth-order valence-electron chi connectivity index (χ4n) is 3.82. The average molecular weight is 380 g/mol. The predicted octanol–water partition coefficient (Wildman–Crippen LogP) is 4.82. The zero-order chi connectivity index (χ0) is 20.1. The molecule has 0 saturated heterocycles. The van der Waals surface area contributed by atoms with Crippen molar-refractivity contribution in [2.24, 2.45) is 0 Å². The van der Waals surface area contributed by atoms with Crippen molar-refractivity contribution >= 4 is 12.0 Å². The molecule has 1 heterocycles. The summed E-state index contributed by atoms with van der Waals surface area (Å²) in [4.78, 5) is 15.5. The normalized spacial score (nSPS) is 11.6. The van der Waals surface area contributed by atoms with E-state index in [0.717, 1.165) is 22.8 Å². The highest BCUT2D eigenvalue weighted by Crippen LogP contribution is 2.41.